The standard InChI is InChI=1S/C14H28OSi2/c1-13(2,3)9-11-16(7)15-17(8)12-10-14(4,5)6/h9-12H,1-8H3/b11-9+,12-10+. The highest BCUT2D eigenvalue weighted by Gasteiger charge is 2.12. The van der Waals surface area contributed by atoms with Crippen LogP contribution in [0.4, 0.5) is 0 Å². The van der Waals surface area contributed by atoms with Crippen molar-refractivity contribution in [3.63, 3.8) is 0 Å². The van der Waals surface area contributed by atoms with E-state index in [1.807, 2.05) is 0 Å². The quantitative estimate of drug-likeness (QED) is 0.681. The largest absolute Gasteiger partial charge is 0.450 e. The number of hydrogen-bond donors (Lipinski definition) is 0. The van der Waals surface area contributed by atoms with E-state index in [0.717, 1.165) is 0 Å². The first-order chi connectivity index (χ1) is 7.49. The summed E-state index contributed by atoms with van der Waals surface area (Å²) in [4.78, 5) is 0. The zero-order chi connectivity index (χ0) is 13.7. The minimum absolute atomic E-state index is 0.261. The summed E-state index contributed by atoms with van der Waals surface area (Å²) in [6.45, 7) is 17.7. The molecule has 0 rings (SSSR count). The van der Waals surface area contributed by atoms with E-state index in [2.05, 4.69) is 78.2 Å². The topological polar surface area (TPSA) is 9.23 Å². The molecule has 2 radical (unpaired) electrons. The smallest absolute Gasteiger partial charge is 0.223 e. The summed E-state index contributed by atoms with van der Waals surface area (Å²) >= 11 is 0. The molecule has 0 saturated heterocycles. The minimum Gasteiger partial charge on any atom is -0.450 e. The normalized spacial score (nSPS) is 14.7. The van der Waals surface area contributed by atoms with Crippen LogP contribution >= 0.6 is 0 Å². The van der Waals surface area contributed by atoms with E-state index in [4.69, 9.17) is 4.12 Å². The van der Waals surface area contributed by atoms with Crippen LogP contribution in [0.3, 0.4) is 0 Å². The van der Waals surface area contributed by atoms with E-state index < -0.39 is 18.1 Å². The summed E-state index contributed by atoms with van der Waals surface area (Å²) in [6, 6.07) is 0. The van der Waals surface area contributed by atoms with E-state index in [0.29, 0.717) is 0 Å². The van der Waals surface area contributed by atoms with Crippen molar-refractivity contribution >= 4 is 18.1 Å². The van der Waals surface area contributed by atoms with Gasteiger partial charge in [0, 0.05) is 0 Å². The van der Waals surface area contributed by atoms with Gasteiger partial charge in [-0.2, -0.15) is 0 Å². The Balaban J connectivity index is 4.18. The Bertz CT molecular complexity index is 241. The molecule has 0 aromatic heterocycles. The van der Waals surface area contributed by atoms with Gasteiger partial charge in [-0.25, -0.2) is 0 Å². The van der Waals surface area contributed by atoms with Gasteiger partial charge in [0.05, 0.1) is 0 Å². The van der Waals surface area contributed by atoms with E-state index in [1.165, 1.54) is 0 Å². The fourth-order valence-corrected chi connectivity index (χ4v) is 5.10. The maximum atomic E-state index is 6.07. The lowest BCUT2D eigenvalue weighted by atomic mass is 9.98. The van der Waals surface area contributed by atoms with Crippen LogP contribution in [-0.4, -0.2) is 18.1 Å². The molecule has 0 aromatic rings. The molecule has 0 aliphatic heterocycles. The zero-order valence-corrected chi connectivity index (χ0v) is 14.7. The molecule has 0 bridgehead atoms. The van der Waals surface area contributed by atoms with Crippen LogP contribution in [0.2, 0.25) is 13.1 Å². The fourth-order valence-electron chi connectivity index (χ4n) is 1.06. The molecule has 98 valence electrons. The number of rotatable bonds is 4. The third kappa shape index (κ3) is 12.1. The van der Waals surface area contributed by atoms with Crippen LogP contribution in [0.25, 0.3) is 0 Å². The Morgan fingerprint density at radius 2 is 1.00 bits per heavy atom. The highest BCUT2D eigenvalue weighted by molar-refractivity contribution is 6.70. The Labute approximate surface area is 111 Å². The predicted octanol–water partition coefficient (Wildman–Crippen LogP) is 4.53. The van der Waals surface area contributed by atoms with E-state index in [9.17, 15) is 0 Å². The summed E-state index contributed by atoms with van der Waals surface area (Å²) in [5, 5.41) is 0. The first kappa shape index (κ1) is 16.9. The Hall–Kier alpha value is -0.126. The van der Waals surface area contributed by atoms with Crippen molar-refractivity contribution in [1.82, 2.24) is 0 Å². The van der Waals surface area contributed by atoms with Crippen molar-refractivity contribution in [1.29, 1.82) is 0 Å². The average Bonchev–Trinajstić information content (AvgIpc) is 2.09. The van der Waals surface area contributed by atoms with Gasteiger partial charge in [0.25, 0.3) is 0 Å². The SMILES string of the molecule is C[Si](/C=C/C(C)(C)C)O[Si](C)/C=C/C(C)(C)C. The molecule has 0 aliphatic rings. The third-order valence-corrected chi connectivity index (χ3v) is 5.81. The fraction of sp³-hybridized carbons (Fsp3) is 0.714. The Morgan fingerprint density at radius 1 is 0.706 bits per heavy atom. The van der Waals surface area contributed by atoms with Gasteiger partial charge in [0.1, 0.15) is 0 Å². The summed E-state index contributed by atoms with van der Waals surface area (Å²) in [6.07, 6.45) is 4.54. The maximum Gasteiger partial charge on any atom is 0.223 e. The molecule has 1 nitrogen and oxygen atoms in total. The number of allylic oxidation sites excluding steroid dienone is 2. The molecule has 0 unspecified atom stereocenters. The molecule has 0 aromatic carbocycles. The molecular weight excluding hydrogens is 240 g/mol. The molecular formula is C14H28OSi2. The minimum atomic E-state index is -0.775. The van der Waals surface area contributed by atoms with Crippen LogP contribution in [0, 0.1) is 10.8 Å². The van der Waals surface area contributed by atoms with Gasteiger partial charge in [-0.3, -0.25) is 0 Å². The van der Waals surface area contributed by atoms with Gasteiger partial charge >= 0.3 is 0 Å². The summed E-state index contributed by atoms with van der Waals surface area (Å²) in [5.74, 6) is 0. The van der Waals surface area contributed by atoms with E-state index in [-0.39, 0.29) is 10.8 Å². The van der Waals surface area contributed by atoms with Crippen molar-refractivity contribution < 1.29 is 4.12 Å². The molecule has 3 heteroatoms. The third-order valence-electron chi connectivity index (χ3n) is 1.96. The second-order valence-corrected chi connectivity index (χ2v) is 10.6. The molecule has 0 saturated carbocycles. The summed E-state index contributed by atoms with van der Waals surface area (Å²) in [7, 11) is -1.55. The molecule has 0 atom stereocenters. The van der Waals surface area contributed by atoms with Gasteiger partial charge in [-0.15, -0.1) is 0 Å². The summed E-state index contributed by atoms with van der Waals surface area (Å²) in [5.41, 5.74) is 5.06. The first-order valence-corrected chi connectivity index (χ1v) is 10.2. The predicted molar refractivity (Wildman–Crippen MR) is 81.5 cm³/mol. The maximum absolute atomic E-state index is 6.07. The van der Waals surface area contributed by atoms with Crippen LogP contribution in [0.1, 0.15) is 41.5 Å². The lowest BCUT2D eigenvalue weighted by Crippen LogP contribution is -2.22. The van der Waals surface area contributed by atoms with Crippen LogP contribution in [0.15, 0.2) is 23.6 Å². The molecule has 0 spiro atoms. The van der Waals surface area contributed by atoms with Gasteiger partial charge in [-0.1, -0.05) is 65.1 Å². The van der Waals surface area contributed by atoms with E-state index >= 15 is 0 Å². The molecule has 0 amide bonds. The summed E-state index contributed by atoms with van der Waals surface area (Å²) < 4.78 is 6.07. The van der Waals surface area contributed by atoms with Crippen molar-refractivity contribution in [2.75, 3.05) is 0 Å². The lowest BCUT2D eigenvalue weighted by molar-refractivity contribution is 0.540. The number of hydrogen-bond acceptors (Lipinski definition) is 1. The highest BCUT2D eigenvalue weighted by atomic mass is 28.4. The van der Waals surface area contributed by atoms with Crippen molar-refractivity contribution in [3.8, 4) is 0 Å². The second kappa shape index (κ2) is 6.71. The van der Waals surface area contributed by atoms with Crippen molar-refractivity contribution in [2.24, 2.45) is 10.8 Å². The van der Waals surface area contributed by atoms with Gasteiger partial charge in [0.2, 0.25) is 18.1 Å². The van der Waals surface area contributed by atoms with Gasteiger partial charge in [0.15, 0.2) is 0 Å². The molecule has 17 heavy (non-hydrogen) atoms. The van der Waals surface area contributed by atoms with E-state index in [1.54, 1.807) is 0 Å². The van der Waals surface area contributed by atoms with Gasteiger partial charge < -0.3 is 4.12 Å². The van der Waals surface area contributed by atoms with Crippen molar-refractivity contribution in [3.05, 3.63) is 23.6 Å². The lowest BCUT2D eigenvalue weighted by Gasteiger charge is -2.16. The molecule has 0 heterocycles. The average molecular weight is 269 g/mol. The van der Waals surface area contributed by atoms with Gasteiger partial charge in [-0.05, 0) is 23.9 Å². The zero-order valence-electron chi connectivity index (χ0n) is 12.7. The highest BCUT2D eigenvalue weighted by Crippen LogP contribution is 2.16. The Kier molecular flexibility index (Phi) is 6.66. The van der Waals surface area contributed by atoms with Crippen LogP contribution < -0.4 is 0 Å². The second-order valence-electron chi connectivity index (χ2n) is 6.72. The first-order valence-electron chi connectivity index (χ1n) is 6.23. The van der Waals surface area contributed by atoms with Crippen LogP contribution in [0.5, 0.6) is 0 Å². The monoisotopic (exact) mass is 268 g/mol. The molecule has 0 N–H and O–H groups in total. The Morgan fingerprint density at radius 3 is 1.24 bits per heavy atom. The molecule has 0 aliphatic carbocycles. The van der Waals surface area contributed by atoms with Crippen molar-refractivity contribution in [2.45, 2.75) is 54.6 Å². The van der Waals surface area contributed by atoms with Crippen LogP contribution in [-0.2, 0) is 4.12 Å². The molecule has 0 fully saturated rings.